The molecule has 0 bridgehead atoms. The first kappa shape index (κ1) is 16.9. The average Bonchev–Trinajstić information content (AvgIpc) is 2.63. The van der Waals surface area contributed by atoms with E-state index in [1.807, 2.05) is 60.7 Å². The Morgan fingerprint density at radius 2 is 1.32 bits per heavy atom. The maximum absolute atomic E-state index is 6.00. The number of ether oxygens (including phenoxy) is 2. The van der Waals surface area contributed by atoms with Crippen molar-refractivity contribution in [3.63, 3.8) is 0 Å². The Bertz CT molecular complexity index is 812. The van der Waals surface area contributed by atoms with Crippen molar-refractivity contribution in [3.8, 4) is 23.0 Å². The highest BCUT2D eigenvalue weighted by Crippen LogP contribution is 2.29. The highest BCUT2D eigenvalue weighted by molar-refractivity contribution is 5.44. The summed E-state index contributed by atoms with van der Waals surface area (Å²) in [6.45, 7) is 2.20. The van der Waals surface area contributed by atoms with Gasteiger partial charge in [0.2, 0.25) is 0 Å². The van der Waals surface area contributed by atoms with Gasteiger partial charge in [-0.2, -0.15) is 0 Å². The van der Waals surface area contributed by atoms with Crippen molar-refractivity contribution in [2.45, 2.75) is 26.2 Å². The molecule has 0 saturated heterocycles. The van der Waals surface area contributed by atoms with Gasteiger partial charge in [-0.05, 0) is 66.9 Å². The fraction of sp³-hybridized carbons (Fsp3) is 0.182. The van der Waals surface area contributed by atoms with Gasteiger partial charge in [0.25, 0.3) is 0 Å². The lowest BCUT2D eigenvalue weighted by Gasteiger charge is -2.10. The highest BCUT2D eigenvalue weighted by atomic mass is 16.5. The maximum Gasteiger partial charge on any atom is 0.131 e. The van der Waals surface area contributed by atoms with E-state index in [0.717, 1.165) is 29.4 Å². The van der Waals surface area contributed by atoms with Gasteiger partial charge < -0.3 is 15.2 Å². The minimum atomic E-state index is 0.715. The van der Waals surface area contributed by atoms with Gasteiger partial charge in [-0.3, -0.25) is 0 Å². The fourth-order valence-corrected chi connectivity index (χ4v) is 2.55. The van der Waals surface area contributed by atoms with Gasteiger partial charge in [-0.15, -0.1) is 0 Å². The van der Waals surface area contributed by atoms with Gasteiger partial charge in [-0.1, -0.05) is 31.5 Å². The molecule has 0 aromatic heterocycles. The SMILES string of the molecule is CCCCc1cccc(Oc2cccc(Oc3ccc(N)cc3)c2)c1. The van der Waals surface area contributed by atoms with Gasteiger partial charge >= 0.3 is 0 Å². The summed E-state index contributed by atoms with van der Waals surface area (Å²) in [5.41, 5.74) is 7.71. The Hall–Kier alpha value is -2.94. The zero-order chi connectivity index (χ0) is 17.5. The largest absolute Gasteiger partial charge is 0.457 e. The minimum absolute atomic E-state index is 0.715. The van der Waals surface area contributed by atoms with Crippen LogP contribution in [0.5, 0.6) is 23.0 Å². The molecule has 0 aliphatic heterocycles. The van der Waals surface area contributed by atoms with Crippen molar-refractivity contribution in [3.05, 3.63) is 78.4 Å². The van der Waals surface area contributed by atoms with Crippen LogP contribution in [-0.2, 0) is 6.42 Å². The van der Waals surface area contributed by atoms with Crippen LogP contribution < -0.4 is 15.2 Å². The van der Waals surface area contributed by atoms with Crippen molar-refractivity contribution in [2.24, 2.45) is 0 Å². The molecular formula is C22H23NO2. The predicted molar refractivity (Wildman–Crippen MR) is 102 cm³/mol. The summed E-state index contributed by atoms with van der Waals surface area (Å²) in [5.74, 6) is 3.07. The first-order chi connectivity index (χ1) is 12.2. The number of hydrogen-bond acceptors (Lipinski definition) is 3. The maximum atomic E-state index is 6.00. The quantitative estimate of drug-likeness (QED) is 0.524. The van der Waals surface area contributed by atoms with Crippen LogP contribution in [0.2, 0.25) is 0 Å². The third-order valence-corrected chi connectivity index (χ3v) is 3.87. The van der Waals surface area contributed by atoms with Gasteiger partial charge in [0.05, 0.1) is 0 Å². The van der Waals surface area contributed by atoms with Crippen LogP contribution in [0.4, 0.5) is 5.69 Å². The highest BCUT2D eigenvalue weighted by Gasteiger charge is 2.03. The molecule has 0 heterocycles. The number of anilines is 1. The molecule has 0 amide bonds. The van der Waals surface area contributed by atoms with E-state index in [-0.39, 0.29) is 0 Å². The van der Waals surface area contributed by atoms with Crippen LogP contribution in [0, 0.1) is 0 Å². The van der Waals surface area contributed by atoms with E-state index < -0.39 is 0 Å². The summed E-state index contributed by atoms with van der Waals surface area (Å²) in [5, 5.41) is 0. The third-order valence-electron chi connectivity index (χ3n) is 3.87. The summed E-state index contributed by atoms with van der Waals surface area (Å²) < 4.78 is 11.8. The molecule has 128 valence electrons. The van der Waals surface area contributed by atoms with Crippen LogP contribution in [-0.4, -0.2) is 0 Å². The number of hydrogen-bond donors (Lipinski definition) is 1. The fourth-order valence-electron chi connectivity index (χ4n) is 2.55. The molecular weight excluding hydrogens is 310 g/mol. The average molecular weight is 333 g/mol. The van der Waals surface area contributed by atoms with Crippen LogP contribution >= 0.6 is 0 Å². The summed E-state index contributed by atoms with van der Waals surface area (Å²) in [6.07, 6.45) is 3.46. The van der Waals surface area contributed by atoms with Crippen molar-refractivity contribution < 1.29 is 9.47 Å². The Labute approximate surface area is 149 Å². The number of nitrogen functional groups attached to an aromatic ring is 1. The smallest absolute Gasteiger partial charge is 0.131 e. The molecule has 0 radical (unpaired) electrons. The van der Waals surface area contributed by atoms with Gasteiger partial charge in [0, 0.05) is 11.8 Å². The molecule has 0 aliphatic rings. The molecule has 3 aromatic carbocycles. The zero-order valence-corrected chi connectivity index (χ0v) is 14.4. The molecule has 25 heavy (non-hydrogen) atoms. The van der Waals surface area contributed by atoms with E-state index >= 15 is 0 Å². The molecule has 0 unspecified atom stereocenters. The lowest BCUT2D eigenvalue weighted by molar-refractivity contribution is 0.460. The van der Waals surface area contributed by atoms with Gasteiger partial charge in [0.1, 0.15) is 23.0 Å². The van der Waals surface area contributed by atoms with E-state index in [2.05, 4.69) is 19.1 Å². The van der Waals surface area contributed by atoms with Crippen LogP contribution in [0.15, 0.2) is 72.8 Å². The minimum Gasteiger partial charge on any atom is -0.457 e. The van der Waals surface area contributed by atoms with Crippen molar-refractivity contribution in [2.75, 3.05) is 5.73 Å². The van der Waals surface area contributed by atoms with E-state index in [0.29, 0.717) is 5.69 Å². The van der Waals surface area contributed by atoms with Gasteiger partial charge in [-0.25, -0.2) is 0 Å². The molecule has 0 aliphatic carbocycles. The first-order valence-corrected chi connectivity index (χ1v) is 8.63. The van der Waals surface area contributed by atoms with E-state index in [1.54, 1.807) is 0 Å². The molecule has 0 fully saturated rings. The Kier molecular flexibility index (Phi) is 5.57. The van der Waals surface area contributed by atoms with E-state index in [4.69, 9.17) is 15.2 Å². The van der Waals surface area contributed by atoms with Crippen LogP contribution in [0.3, 0.4) is 0 Å². The number of benzene rings is 3. The Balaban J connectivity index is 1.70. The topological polar surface area (TPSA) is 44.5 Å². The molecule has 3 nitrogen and oxygen atoms in total. The third kappa shape index (κ3) is 5.01. The predicted octanol–water partition coefficient (Wildman–Crippen LogP) is 6.20. The summed E-state index contributed by atoms with van der Waals surface area (Å²) >= 11 is 0. The summed E-state index contributed by atoms with van der Waals surface area (Å²) in [6, 6.07) is 23.2. The Morgan fingerprint density at radius 1 is 0.720 bits per heavy atom. The zero-order valence-electron chi connectivity index (χ0n) is 14.4. The van der Waals surface area contributed by atoms with Gasteiger partial charge in [0.15, 0.2) is 0 Å². The molecule has 3 aromatic rings. The second-order valence-corrected chi connectivity index (χ2v) is 6.00. The Morgan fingerprint density at radius 3 is 2.00 bits per heavy atom. The van der Waals surface area contributed by atoms with Crippen molar-refractivity contribution >= 4 is 5.69 Å². The van der Waals surface area contributed by atoms with Crippen molar-refractivity contribution in [1.82, 2.24) is 0 Å². The van der Waals surface area contributed by atoms with Crippen LogP contribution in [0.25, 0.3) is 0 Å². The first-order valence-electron chi connectivity index (χ1n) is 8.63. The number of aryl methyl sites for hydroxylation is 1. The molecule has 0 saturated carbocycles. The molecule has 3 heteroatoms. The lowest BCUT2D eigenvalue weighted by Crippen LogP contribution is -1.90. The molecule has 0 spiro atoms. The molecule has 2 N–H and O–H groups in total. The normalized spacial score (nSPS) is 10.4. The monoisotopic (exact) mass is 333 g/mol. The van der Waals surface area contributed by atoms with E-state index in [1.165, 1.54) is 18.4 Å². The summed E-state index contributed by atoms with van der Waals surface area (Å²) in [4.78, 5) is 0. The van der Waals surface area contributed by atoms with Crippen LogP contribution in [0.1, 0.15) is 25.3 Å². The molecule has 0 atom stereocenters. The second kappa shape index (κ2) is 8.25. The number of rotatable bonds is 7. The second-order valence-electron chi connectivity index (χ2n) is 6.00. The number of unbranched alkanes of at least 4 members (excludes halogenated alkanes) is 1. The van der Waals surface area contributed by atoms with Crippen molar-refractivity contribution in [1.29, 1.82) is 0 Å². The van der Waals surface area contributed by atoms with E-state index in [9.17, 15) is 0 Å². The standard InChI is InChI=1S/C22H23NO2/c1-2-3-6-17-7-4-8-20(15-17)25-22-10-5-9-21(16-22)24-19-13-11-18(23)12-14-19/h4-5,7-16H,2-3,6,23H2,1H3. The summed E-state index contributed by atoms with van der Waals surface area (Å²) in [7, 11) is 0. The molecule has 3 rings (SSSR count). The number of nitrogens with two attached hydrogens (primary N) is 1. The lowest BCUT2D eigenvalue weighted by atomic mass is 10.1.